The van der Waals surface area contributed by atoms with Gasteiger partial charge in [-0.05, 0) is 42.0 Å². The van der Waals surface area contributed by atoms with Crippen molar-refractivity contribution in [3.63, 3.8) is 0 Å². The SMILES string of the molecule is N#Cc1cccc(COC(=O)COc2ccc(F)cc2)c1. The van der Waals surface area contributed by atoms with Gasteiger partial charge in [0.25, 0.3) is 0 Å². The molecule has 0 spiro atoms. The normalized spacial score (nSPS) is 9.71. The van der Waals surface area contributed by atoms with E-state index in [1.165, 1.54) is 24.3 Å². The standard InChI is InChI=1S/C16H12FNO3/c17-14-4-6-15(7-5-14)20-11-16(19)21-10-13-3-1-2-12(8-13)9-18/h1-8H,10-11H2. The maximum Gasteiger partial charge on any atom is 0.344 e. The Morgan fingerprint density at radius 2 is 1.95 bits per heavy atom. The summed E-state index contributed by atoms with van der Waals surface area (Å²) in [7, 11) is 0. The van der Waals surface area contributed by atoms with Gasteiger partial charge in [0, 0.05) is 0 Å². The summed E-state index contributed by atoms with van der Waals surface area (Å²) in [5, 5.41) is 8.76. The van der Waals surface area contributed by atoms with E-state index >= 15 is 0 Å². The third-order valence-electron chi connectivity index (χ3n) is 2.63. The van der Waals surface area contributed by atoms with E-state index in [2.05, 4.69) is 0 Å². The lowest BCUT2D eigenvalue weighted by atomic mass is 10.1. The summed E-state index contributed by atoms with van der Waals surface area (Å²) < 4.78 is 22.9. The highest BCUT2D eigenvalue weighted by Crippen LogP contribution is 2.11. The maximum absolute atomic E-state index is 12.7. The number of halogens is 1. The second-order valence-electron chi connectivity index (χ2n) is 4.22. The van der Waals surface area contributed by atoms with Gasteiger partial charge in [0.15, 0.2) is 6.61 Å². The number of esters is 1. The van der Waals surface area contributed by atoms with Gasteiger partial charge in [-0.25, -0.2) is 9.18 Å². The molecule has 0 aliphatic carbocycles. The summed E-state index contributed by atoms with van der Waals surface area (Å²) in [6.45, 7) is -0.190. The van der Waals surface area contributed by atoms with Gasteiger partial charge in [-0.2, -0.15) is 5.26 Å². The van der Waals surface area contributed by atoms with E-state index in [1.807, 2.05) is 6.07 Å². The van der Waals surface area contributed by atoms with Gasteiger partial charge >= 0.3 is 5.97 Å². The Hall–Kier alpha value is -2.87. The number of nitriles is 1. The maximum atomic E-state index is 12.7. The molecule has 0 unspecified atom stereocenters. The van der Waals surface area contributed by atoms with Crippen LogP contribution in [0.25, 0.3) is 0 Å². The first kappa shape index (κ1) is 14.5. The Morgan fingerprint density at radius 3 is 2.67 bits per heavy atom. The van der Waals surface area contributed by atoms with Crippen molar-refractivity contribution in [1.29, 1.82) is 5.26 Å². The van der Waals surface area contributed by atoms with Gasteiger partial charge in [0.2, 0.25) is 0 Å². The van der Waals surface area contributed by atoms with Gasteiger partial charge in [0.05, 0.1) is 11.6 Å². The molecule has 0 aromatic heterocycles. The van der Waals surface area contributed by atoms with E-state index in [0.29, 0.717) is 11.3 Å². The Kier molecular flexibility index (Phi) is 4.89. The molecular weight excluding hydrogens is 273 g/mol. The van der Waals surface area contributed by atoms with E-state index in [1.54, 1.807) is 24.3 Å². The molecule has 5 heteroatoms. The number of hydrogen-bond acceptors (Lipinski definition) is 4. The van der Waals surface area contributed by atoms with Gasteiger partial charge in [-0.15, -0.1) is 0 Å². The molecule has 0 radical (unpaired) electrons. The summed E-state index contributed by atoms with van der Waals surface area (Å²) in [5.41, 5.74) is 1.23. The molecule has 0 saturated heterocycles. The molecule has 21 heavy (non-hydrogen) atoms. The first-order valence-corrected chi connectivity index (χ1v) is 6.20. The van der Waals surface area contributed by atoms with Crippen molar-refractivity contribution < 1.29 is 18.7 Å². The number of rotatable bonds is 5. The number of hydrogen-bond donors (Lipinski definition) is 0. The quantitative estimate of drug-likeness (QED) is 0.793. The fourth-order valence-electron chi connectivity index (χ4n) is 1.61. The highest BCUT2D eigenvalue weighted by Gasteiger charge is 2.05. The minimum Gasteiger partial charge on any atom is -0.482 e. The summed E-state index contributed by atoms with van der Waals surface area (Å²) in [6.07, 6.45) is 0. The Balaban J connectivity index is 1.79. The van der Waals surface area contributed by atoms with E-state index in [9.17, 15) is 9.18 Å². The molecule has 0 amide bonds. The smallest absolute Gasteiger partial charge is 0.344 e. The van der Waals surface area contributed by atoms with Crippen LogP contribution in [0.5, 0.6) is 5.75 Å². The fraction of sp³-hybridized carbons (Fsp3) is 0.125. The second kappa shape index (κ2) is 7.06. The highest BCUT2D eigenvalue weighted by molar-refractivity contribution is 5.71. The van der Waals surface area contributed by atoms with Gasteiger partial charge in [-0.1, -0.05) is 12.1 Å². The lowest BCUT2D eigenvalue weighted by Gasteiger charge is -2.07. The lowest BCUT2D eigenvalue weighted by molar-refractivity contribution is -0.147. The molecule has 0 aliphatic rings. The molecule has 106 valence electrons. The van der Waals surface area contributed by atoms with Crippen LogP contribution in [0, 0.1) is 17.1 Å². The highest BCUT2D eigenvalue weighted by atomic mass is 19.1. The average molecular weight is 285 g/mol. The van der Waals surface area contributed by atoms with Crippen molar-refractivity contribution >= 4 is 5.97 Å². The number of carbonyl (C=O) groups is 1. The third kappa shape index (κ3) is 4.62. The third-order valence-corrected chi connectivity index (χ3v) is 2.63. The van der Waals surface area contributed by atoms with Crippen molar-refractivity contribution in [2.24, 2.45) is 0 Å². The minimum absolute atomic E-state index is 0.0706. The van der Waals surface area contributed by atoms with Gasteiger partial charge < -0.3 is 9.47 Å². The van der Waals surface area contributed by atoms with Gasteiger partial charge in [0.1, 0.15) is 18.2 Å². The first-order valence-electron chi connectivity index (χ1n) is 6.20. The van der Waals surface area contributed by atoms with E-state index in [4.69, 9.17) is 14.7 Å². The predicted octanol–water partition coefficient (Wildman–Crippen LogP) is 2.82. The van der Waals surface area contributed by atoms with Crippen LogP contribution in [0.1, 0.15) is 11.1 Å². The first-order chi connectivity index (χ1) is 10.2. The van der Waals surface area contributed by atoms with Crippen molar-refractivity contribution in [3.05, 3.63) is 65.5 Å². The summed E-state index contributed by atoms with van der Waals surface area (Å²) in [4.78, 5) is 11.5. The van der Waals surface area contributed by atoms with Crippen molar-refractivity contribution in [1.82, 2.24) is 0 Å². The Labute approximate surface area is 121 Å². The average Bonchev–Trinajstić information content (AvgIpc) is 2.52. The predicted molar refractivity (Wildman–Crippen MR) is 72.8 cm³/mol. The van der Waals surface area contributed by atoms with Crippen molar-refractivity contribution in [2.45, 2.75) is 6.61 Å². The van der Waals surface area contributed by atoms with Crippen molar-refractivity contribution in [3.8, 4) is 11.8 Å². The molecular formula is C16H12FNO3. The van der Waals surface area contributed by atoms with Crippen LogP contribution >= 0.6 is 0 Å². The lowest BCUT2D eigenvalue weighted by Crippen LogP contribution is -2.14. The molecule has 2 rings (SSSR count). The molecule has 0 atom stereocenters. The zero-order valence-electron chi connectivity index (χ0n) is 11.1. The molecule has 4 nitrogen and oxygen atoms in total. The number of ether oxygens (including phenoxy) is 2. The number of benzene rings is 2. The summed E-state index contributed by atoms with van der Waals surface area (Å²) in [6, 6.07) is 14.2. The number of nitrogens with zero attached hydrogens (tertiary/aromatic N) is 1. The number of carbonyl (C=O) groups excluding carboxylic acids is 1. The zero-order valence-corrected chi connectivity index (χ0v) is 11.1. The van der Waals surface area contributed by atoms with E-state index in [-0.39, 0.29) is 19.0 Å². The monoisotopic (exact) mass is 285 g/mol. The Morgan fingerprint density at radius 1 is 1.19 bits per heavy atom. The second-order valence-corrected chi connectivity index (χ2v) is 4.22. The van der Waals surface area contributed by atoms with Gasteiger partial charge in [-0.3, -0.25) is 0 Å². The molecule has 0 heterocycles. The van der Waals surface area contributed by atoms with E-state index < -0.39 is 5.97 Å². The summed E-state index contributed by atoms with van der Waals surface area (Å²) >= 11 is 0. The Bertz CT molecular complexity index is 662. The molecule has 0 fully saturated rings. The van der Waals surface area contributed by atoms with Crippen LogP contribution in [-0.4, -0.2) is 12.6 Å². The van der Waals surface area contributed by atoms with Crippen LogP contribution in [0.4, 0.5) is 4.39 Å². The molecule has 0 aliphatic heterocycles. The molecule has 0 saturated carbocycles. The minimum atomic E-state index is -0.540. The van der Waals surface area contributed by atoms with Crippen LogP contribution in [-0.2, 0) is 16.1 Å². The van der Waals surface area contributed by atoms with E-state index in [0.717, 1.165) is 5.56 Å². The fourth-order valence-corrected chi connectivity index (χ4v) is 1.61. The van der Waals surface area contributed by atoms with Crippen LogP contribution in [0.15, 0.2) is 48.5 Å². The van der Waals surface area contributed by atoms with Crippen LogP contribution in [0.3, 0.4) is 0 Å². The molecule has 0 N–H and O–H groups in total. The van der Waals surface area contributed by atoms with Crippen LogP contribution < -0.4 is 4.74 Å². The molecule has 2 aromatic rings. The zero-order chi connectivity index (χ0) is 15.1. The molecule has 0 bridgehead atoms. The topological polar surface area (TPSA) is 59.3 Å². The summed E-state index contributed by atoms with van der Waals surface area (Å²) in [5.74, 6) is -0.524. The van der Waals surface area contributed by atoms with Crippen molar-refractivity contribution in [2.75, 3.05) is 6.61 Å². The largest absolute Gasteiger partial charge is 0.482 e. The van der Waals surface area contributed by atoms with Crippen LogP contribution in [0.2, 0.25) is 0 Å². The molecule has 2 aromatic carbocycles.